The zero-order valence-corrected chi connectivity index (χ0v) is 13.1. The van der Waals surface area contributed by atoms with Crippen LogP contribution in [0.2, 0.25) is 10.0 Å². The minimum Gasteiger partial charge on any atom is -0.480 e. The van der Waals surface area contributed by atoms with E-state index in [-0.39, 0.29) is 10.9 Å². The number of carbonyl (C=O) groups excluding carboxylic acids is 1. The number of carboxylic acid groups (broad SMARTS) is 1. The molecule has 1 saturated heterocycles. The standard InChI is InChI=1S/C13H13Cl2NO3S/c1-20-11-5-7(8(14)6-9(11)15)12(17)16-4-2-3-10(16)13(18)19/h5-6,10H,2-4H2,1H3,(H,18,19). The van der Waals surface area contributed by atoms with Crippen molar-refractivity contribution in [3.63, 3.8) is 0 Å². The Hall–Kier alpha value is -0.910. The van der Waals surface area contributed by atoms with Crippen LogP contribution in [0.4, 0.5) is 0 Å². The van der Waals surface area contributed by atoms with Gasteiger partial charge in [-0.2, -0.15) is 0 Å². The summed E-state index contributed by atoms with van der Waals surface area (Å²) >= 11 is 13.5. The second kappa shape index (κ2) is 6.24. The molecule has 1 aliphatic heterocycles. The molecule has 7 heteroatoms. The summed E-state index contributed by atoms with van der Waals surface area (Å²) in [5, 5.41) is 9.87. The maximum atomic E-state index is 12.5. The van der Waals surface area contributed by atoms with Crippen molar-refractivity contribution in [3.05, 3.63) is 27.7 Å². The Kier molecular flexibility index (Phi) is 4.83. The number of hydrogen-bond donors (Lipinski definition) is 1. The van der Waals surface area contributed by atoms with E-state index in [1.165, 1.54) is 22.7 Å². The monoisotopic (exact) mass is 333 g/mol. The first kappa shape index (κ1) is 15.5. The van der Waals surface area contributed by atoms with Gasteiger partial charge in [0.1, 0.15) is 6.04 Å². The highest BCUT2D eigenvalue weighted by Crippen LogP contribution is 2.33. The van der Waals surface area contributed by atoms with Crippen molar-refractivity contribution < 1.29 is 14.7 Å². The van der Waals surface area contributed by atoms with Crippen LogP contribution < -0.4 is 0 Å². The highest BCUT2D eigenvalue weighted by atomic mass is 35.5. The van der Waals surface area contributed by atoms with Crippen LogP contribution in [-0.2, 0) is 4.79 Å². The number of aliphatic carboxylic acids is 1. The third-order valence-electron chi connectivity index (χ3n) is 3.27. The van der Waals surface area contributed by atoms with Gasteiger partial charge >= 0.3 is 5.97 Å². The molecule has 1 heterocycles. The molecule has 108 valence electrons. The van der Waals surface area contributed by atoms with Crippen LogP contribution in [0.25, 0.3) is 0 Å². The summed E-state index contributed by atoms with van der Waals surface area (Å²) < 4.78 is 0. The molecule has 1 unspecified atom stereocenters. The van der Waals surface area contributed by atoms with Crippen molar-refractivity contribution in [2.24, 2.45) is 0 Å². The Morgan fingerprint density at radius 3 is 2.65 bits per heavy atom. The van der Waals surface area contributed by atoms with Gasteiger partial charge in [-0.25, -0.2) is 4.79 Å². The smallest absolute Gasteiger partial charge is 0.326 e. The molecule has 0 spiro atoms. The van der Waals surface area contributed by atoms with Crippen LogP contribution in [0.5, 0.6) is 0 Å². The van der Waals surface area contributed by atoms with Crippen LogP contribution in [0.15, 0.2) is 17.0 Å². The van der Waals surface area contributed by atoms with Crippen LogP contribution in [0.3, 0.4) is 0 Å². The molecule has 0 saturated carbocycles. The first-order valence-electron chi connectivity index (χ1n) is 6.02. The van der Waals surface area contributed by atoms with Crippen LogP contribution in [0.1, 0.15) is 23.2 Å². The molecule has 0 aromatic heterocycles. The lowest BCUT2D eigenvalue weighted by Gasteiger charge is -2.22. The van der Waals surface area contributed by atoms with Crippen LogP contribution in [-0.4, -0.2) is 40.7 Å². The van der Waals surface area contributed by atoms with Gasteiger partial charge in [0.25, 0.3) is 5.91 Å². The van der Waals surface area contributed by atoms with Crippen molar-refractivity contribution in [2.45, 2.75) is 23.8 Å². The van der Waals surface area contributed by atoms with E-state index in [2.05, 4.69) is 0 Å². The summed E-state index contributed by atoms with van der Waals surface area (Å²) in [5.41, 5.74) is 0.300. The van der Waals surface area contributed by atoms with E-state index in [1.54, 1.807) is 6.07 Å². The Morgan fingerprint density at radius 2 is 2.05 bits per heavy atom. The lowest BCUT2D eigenvalue weighted by Crippen LogP contribution is -2.40. The van der Waals surface area contributed by atoms with Gasteiger partial charge in [-0.05, 0) is 31.2 Å². The number of benzene rings is 1. The van der Waals surface area contributed by atoms with Crippen molar-refractivity contribution >= 4 is 46.8 Å². The first-order chi connectivity index (χ1) is 9.45. The minimum atomic E-state index is -0.981. The van der Waals surface area contributed by atoms with Gasteiger partial charge in [-0.15, -0.1) is 11.8 Å². The second-order valence-corrected chi connectivity index (χ2v) is 6.12. The van der Waals surface area contributed by atoms with Crippen molar-refractivity contribution in [1.82, 2.24) is 4.90 Å². The van der Waals surface area contributed by atoms with Gasteiger partial charge in [0, 0.05) is 11.4 Å². The molecule has 1 atom stereocenters. The molecule has 1 amide bonds. The van der Waals surface area contributed by atoms with Crippen molar-refractivity contribution in [1.29, 1.82) is 0 Å². The van der Waals surface area contributed by atoms with Gasteiger partial charge in [0.2, 0.25) is 0 Å². The Balaban J connectivity index is 2.36. The summed E-state index contributed by atoms with van der Waals surface area (Å²) in [6, 6.07) is 2.37. The number of rotatable bonds is 3. The highest BCUT2D eigenvalue weighted by molar-refractivity contribution is 7.98. The van der Waals surface area contributed by atoms with E-state index in [1.807, 2.05) is 6.26 Å². The maximum Gasteiger partial charge on any atom is 0.326 e. The number of carbonyl (C=O) groups is 2. The van der Waals surface area contributed by atoms with E-state index >= 15 is 0 Å². The third kappa shape index (κ3) is 2.90. The largest absolute Gasteiger partial charge is 0.480 e. The number of thioether (sulfide) groups is 1. The molecule has 0 radical (unpaired) electrons. The maximum absolute atomic E-state index is 12.5. The third-order valence-corrected chi connectivity index (χ3v) is 4.79. The van der Waals surface area contributed by atoms with Crippen LogP contribution >= 0.6 is 35.0 Å². The first-order valence-corrected chi connectivity index (χ1v) is 8.00. The van der Waals surface area contributed by atoms with Gasteiger partial charge in [0.15, 0.2) is 0 Å². The number of amides is 1. The van der Waals surface area contributed by atoms with Gasteiger partial charge in [0.05, 0.1) is 15.6 Å². The molecule has 1 aromatic rings. The fourth-order valence-corrected chi connectivity index (χ4v) is 3.46. The molecule has 0 aliphatic carbocycles. The Bertz CT molecular complexity index is 565. The van der Waals surface area contributed by atoms with E-state index in [4.69, 9.17) is 28.3 Å². The molecule has 4 nitrogen and oxygen atoms in total. The molecule has 1 N–H and O–H groups in total. The van der Waals surface area contributed by atoms with Gasteiger partial charge in [-0.3, -0.25) is 4.79 Å². The van der Waals surface area contributed by atoms with Crippen molar-refractivity contribution in [2.75, 3.05) is 12.8 Å². The van der Waals surface area contributed by atoms with E-state index in [0.29, 0.717) is 30.0 Å². The van der Waals surface area contributed by atoms with Crippen molar-refractivity contribution in [3.8, 4) is 0 Å². The summed E-state index contributed by atoms with van der Waals surface area (Å²) in [6.07, 6.45) is 3.00. The number of nitrogens with zero attached hydrogens (tertiary/aromatic N) is 1. The zero-order valence-electron chi connectivity index (χ0n) is 10.7. The molecule has 20 heavy (non-hydrogen) atoms. The predicted octanol–water partition coefficient (Wildman–Crippen LogP) is 3.40. The van der Waals surface area contributed by atoms with E-state index < -0.39 is 12.0 Å². The number of likely N-dealkylation sites (tertiary alicyclic amines) is 1. The Morgan fingerprint density at radius 1 is 1.35 bits per heavy atom. The number of halogens is 2. The highest BCUT2D eigenvalue weighted by Gasteiger charge is 2.35. The fraction of sp³-hybridized carbons (Fsp3) is 0.385. The lowest BCUT2D eigenvalue weighted by atomic mass is 10.1. The summed E-state index contributed by atoms with van der Waals surface area (Å²) in [5.74, 6) is -1.34. The average molecular weight is 334 g/mol. The zero-order chi connectivity index (χ0) is 14.9. The summed E-state index contributed by atoms with van der Waals surface area (Å²) in [6.45, 7) is 0.434. The summed E-state index contributed by atoms with van der Waals surface area (Å²) in [7, 11) is 0. The normalized spacial score (nSPS) is 18.4. The second-order valence-electron chi connectivity index (χ2n) is 4.46. The topological polar surface area (TPSA) is 57.6 Å². The summed E-state index contributed by atoms with van der Waals surface area (Å²) in [4.78, 5) is 25.7. The lowest BCUT2D eigenvalue weighted by molar-refractivity contribution is -0.141. The van der Waals surface area contributed by atoms with E-state index in [9.17, 15) is 9.59 Å². The minimum absolute atomic E-state index is 0.244. The molecular formula is C13H13Cl2NO3S. The Labute approximate surface area is 131 Å². The molecule has 1 aromatic carbocycles. The SMILES string of the molecule is CSc1cc(C(=O)N2CCCC2C(=O)O)c(Cl)cc1Cl. The average Bonchev–Trinajstić information content (AvgIpc) is 2.87. The molecular weight excluding hydrogens is 321 g/mol. The molecule has 0 bridgehead atoms. The van der Waals surface area contributed by atoms with Crippen LogP contribution in [0, 0.1) is 0 Å². The predicted molar refractivity (Wildman–Crippen MR) is 79.9 cm³/mol. The number of carboxylic acids is 1. The van der Waals surface area contributed by atoms with Gasteiger partial charge in [-0.1, -0.05) is 23.2 Å². The fourth-order valence-electron chi connectivity index (χ4n) is 2.27. The number of hydrogen-bond acceptors (Lipinski definition) is 3. The quantitative estimate of drug-likeness (QED) is 0.861. The van der Waals surface area contributed by atoms with Gasteiger partial charge < -0.3 is 10.0 Å². The molecule has 1 fully saturated rings. The molecule has 1 aliphatic rings. The van der Waals surface area contributed by atoms with E-state index in [0.717, 1.165) is 4.90 Å². The molecule has 2 rings (SSSR count).